The number of urea groups is 1. The van der Waals surface area contributed by atoms with E-state index in [1.165, 1.54) is 4.31 Å². The Bertz CT molecular complexity index is 1130. The minimum atomic E-state index is -0.309. The van der Waals surface area contributed by atoms with Crippen molar-refractivity contribution in [2.45, 2.75) is 31.7 Å². The molecule has 1 aliphatic carbocycles. The molecule has 0 bridgehead atoms. The Morgan fingerprint density at radius 2 is 1.70 bits per heavy atom. The molecule has 11 heteroatoms. The molecule has 0 aliphatic heterocycles. The van der Waals surface area contributed by atoms with E-state index in [2.05, 4.69) is 38.4 Å². The van der Waals surface area contributed by atoms with Crippen molar-refractivity contribution in [2.24, 2.45) is 0 Å². The lowest BCUT2D eigenvalue weighted by molar-refractivity contribution is 0.230. The van der Waals surface area contributed by atoms with Crippen LogP contribution in [-0.4, -0.2) is 52.7 Å². The predicted molar refractivity (Wildman–Crippen MR) is 129 cm³/mol. The van der Waals surface area contributed by atoms with Crippen LogP contribution in [0.15, 0.2) is 30.5 Å². The lowest BCUT2D eigenvalue weighted by Crippen LogP contribution is -2.34. The zero-order valence-corrected chi connectivity index (χ0v) is 19.6. The number of methoxy groups -OCH3 is 3. The summed E-state index contributed by atoms with van der Waals surface area (Å²) >= 11 is 4.37. The smallest absolute Gasteiger partial charge is 0.333 e. The Morgan fingerprint density at radius 1 is 1.03 bits per heavy atom. The van der Waals surface area contributed by atoms with Crippen molar-refractivity contribution >= 4 is 47.3 Å². The van der Waals surface area contributed by atoms with Crippen molar-refractivity contribution < 1.29 is 19.0 Å². The number of ether oxygens (including phenoxy) is 3. The molecule has 3 aromatic rings. The summed E-state index contributed by atoms with van der Waals surface area (Å²) in [6.07, 6.45) is 5.75. The number of amides is 2. The number of fused-ring (bicyclic) bond motifs is 1. The monoisotopic (exact) mass is 470 g/mol. The van der Waals surface area contributed by atoms with Crippen molar-refractivity contribution in [3.05, 3.63) is 30.5 Å². The second kappa shape index (κ2) is 9.99. The molecule has 1 aliphatic rings. The van der Waals surface area contributed by atoms with Crippen molar-refractivity contribution in [2.75, 3.05) is 32.0 Å². The van der Waals surface area contributed by atoms with Crippen LogP contribution in [0.1, 0.15) is 25.7 Å². The number of carbonyl (C=O) groups excluding carboxylic acids is 1. The molecular weight excluding hydrogens is 444 g/mol. The van der Waals surface area contributed by atoms with Gasteiger partial charge in [0, 0.05) is 23.9 Å². The molecule has 0 radical (unpaired) electrons. The third-order valence-corrected chi connectivity index (χ3v) is 5.97. The first-order valence-electron chi connectivity index (χ1n) is 10.5. The Labute approximate surface area is 197 Å². The highest BCUT2D eigenvalue weighted by atomic mass is 32.1. The second-order valence-electron chi connectivity index (χ2n) is 7.55. The van der Waals surface area contributed by atoms with Crippen LogP contribution in [-0.2, 0) is 0 Å². The highest BCUT2D eigenvalue weighted by Crippen LogP contribution is 2.40. The maximum atomic E-state index is 12.5. The molecular formula is C22H26N6O4S. The number of benzene rings is 1. The molecule has 2 N–H and O–H groups in total. The van der Waals surface area contributed by atoms with Gasteiger partial charge in [-0.2, -0.15) is 0 Å². The summed E-state index contributed by atoms with van der Waals surface area (Å²) in [6, 6.07) is 6.81. The maximum absolute atomic E-state index is 12.5. The summed E-state index contributed by atoms with van der Waals surface area (Å²) in [5.41, 5.74) is 1.66. The number of carbonyl (C=O) groups is 1. The molecule has 2 aromatic heterocycles. The van der Waals surface area contributed by atoms with Gasteiger partial charge in [-0.15, -0.1) is 0 Å². The molecule has 2 heterocycles. The quantitative estimate of drug-likeness (QED) is 0.436. The van der Waals surface area contributed by atoms with Crippen LogP contribution in [0.3, 0.4) is 0 Å². The van der Waals surface area contributed by atoms with E-state index in [0.717, 1.165) is 25.7 Å². The number of nitrogens with zero attached hydrogens (tertiary/aromatic N) is 4. The molecule has 4 rings (SSSR count). The molecule has 1 fully saturated rings. The number of nitrogens with one attached hydrogen (secondary N) is 2. The van der Waals surface area contributed by atoms with Gasteiger partial charge in [0.05, 0.1) is 27.5 Å². The van der Waals surface area contributed by atoms with E-state index in [-0.39, 0.29) is 12.1 Å². The standard InChI is InChI=1S/C22H26N6O4S/c1-30-16-10-13(11-17(31-2)20(16)32-3)24-19-12-23-15-8-9-18(25-21(15)26-19)27-22(29)28(33)14-6-4-5-7-14/h8-12,14,33H,4-7H2,1-3H3,(H2,24,25,26,27,29). The minimum absolute atomic E-state index is 0.142. The molecule has 0 unspecified atom stereocenters. The zero-order chi connectivity index (χ0) is 23.4. The molecule has 0 atom stereocenters. The fraction of sp³-hybridized carbons (Fsp3) is 0.364. The Kier molecular flexibility index (Phi) is 6.87. The van der Waals surface area contributed by atoms with Crippen molar-refractivity contribution in [3.8, 4) is 17.2 Å². The van der Waals surface area contributed by atoms with Crippen molar-refractivity contribution in [1.82, 2.24) is 19.3 Å². The Balaban J connectivity index is 1.55. The first-order valence-corrected chi connectivity index (χ1v) is 10.9. The molecule has 2 amide bonds. The van der Waals surface area contributed by atoms with Gasteiger partial charge in [0.15, 0.2) is 23.0 Å². The van der Waals surface area contributed by atoms with Gasteiger partial charge in [-0.1, -0.05) is 25.7 Å². The lowest BCUT2D eigenvalue weighted by Gasteiger charge is -2.22. The van der Waals surface area contributed by atoms with Gasteiger partial charge in [-0.25, -0.2) is 19.7 Å². The van der Waals surface area contributed by atoms with Gasteiger partial charge >= 0.3 is 6.03 Å². The summed E-state index contributed by atoms with van der Waals surface area (Å²) in [5.74, 6) is 2.36. The zero-order valence-electron chi connectivity index (χ0n) is 18.7. The number of hydrogen-bond acceptors (Lipinski definition) is 9. The van der Waals surface area contributed by atoms with E-state index < -0.39 is 0 Å². The topological polar surface area (TPSA) is 111 Å². The maximum Gasteiger partial charge on any atom is 0.333 e. The third kappa shape index (κ3) is 4.98. The van der Waals surface area contributed by atoms with E-state index in [0.29, 0.717) is 45.7 Å². The fourth-order valence-corrected chi connectivity index (χ4v) is 4.09. The van der Waals surface area contributed by atoms with E-state index in [9.17, 15) is 4.79 Å². The SMILES string of the molecule is COc1cc(Nc2cnc3ccc(NC(=O)N(S)C4CCCC4)nc3n2)cc(OC)c1OC. The van der Waals surface area contributed by atoms with Crippen LogP contribution < -0.4 is 24.8 Å². The first kappa shape index (κ1) is 22.7. The van der Waals surface area contributed by atoms with Gasteiger partial charge in [-0.05, 0) is 25.0 Å². The minimum Gasteiger partial charge on any atom is -0.493 e. The largest absolute Gasteiger partial charge is 0.493 e. The lowest BCUT2D eigenvalue weighted by atomic mass is 10.2. The number of anilines is 3. The van der Waals surface area contributed by atoms with E-state index in [1.807, 2.05) is 0 Å². The van der Waals surface area contributed by atoms with E-state index in [1.54, 1.807) is 51.8 Å². The summed E-state index contributed by atoms with van der Waals surface area (Å²) in [7, 11) is 4.65. The molecule has 174 valence electrons. The second-order valence-corrected chi connectivity index (χ2v) is 7.98. The number of aromatic nitrogens is 3. The Morgan fingerprint density at radius 3 is 2.33 bits per heavy atom. The highest BCUT2D eigenvalue weighted by Gasteiger charge is 2.24. The van der Waals surface area contributed by atoms with Crippen molar-refractivity contribution in [3.63, 3.8) is 0 Å². The normalized spacial score (nSPS) is 13.6. The average Bonchev–Trinajstić information content (AvgIpc) is 3.37. The fourth-order valence-electron chi connectivity index (χ4n) is 3.81. The molecule has 33 heavy (non-hydrogen) atoms. The van der Waals surface area contributed by atoms with Gasteiger partial charge in [0.25, 0.3) is 0 Å². The van der Waals surface area contributed by atoms with Gasteiger partial charge in [0.2, 0.25) is 5.75 Å². The van der Waals surface area contributed by atoms with Crippen LogP contribution in [0.5, 0.6) is 17.2 Å². The first-order chi connectivity index (χ1) is 16.0. The number of hydrogen-bond donors (Lipinski definition) is 3. The molecule has 1 saturated carbocycles. The van der Waals surface area contributed by atoms with Crippen LogP contribution in [0.25, 0.3) is 11.2 Å². The molecule has 0 spiro atoms. The summed E-state index contributed by atoms with van der Waals surface area (Å²) in [4.78, 5) is 25.9. The number of thiol groups is 1. The average molecular weight is 471 g/mol. The number of pyridine rings is 1. The molecule has 10 nitrogen and oxygen atoms in total. The van der Waals surface area contributed by atoms with Crippen LogP contribution in [0.4, 0.5) is 22.1 Å². The van der Waals surface area contributed by atoms with Gasteiger partial charge in [0.1, 0.15) is 11.3 Å². The van der Waals surface area contributed by atoms with Gasteiger partial charge < -0.3 is 19.5 Å². The molecule has 1 aromatic carbocycles. The van der Waals surface area contributed by atoms with Crippen LogP contribution >= 0.6 is 12.8 Å². The highest BCUT2D eigenvalue weighted by molar-refractivity contribution is 7.78. The summed E-state index contributed by atoms with van der Waals surface area (Å²) in [6.45, 7) is 0. The summed E-state index contributed by atoms with van der Waals surface area (Å²) in [5, 5.41) is 5.96. The summed E-state index contributed by atoms with van der Waals surface area (Å²) < 4.78 is 17.6. The van der Waals surface area contributed by atoms with Crippen LogP contribution in [0, 0.1) is 0 Å². The third-order valence-electron chi connectivity index (χ3n) is 5.46. The van der Waals surface area contributed by atoms with Gasteiger partial charge in [-0.3, -0.25) is 9.62 Å². The van der Waals surface area contributed by atoms with Crippen LogP contribution in [0.2, 0.25) is 0 Å². The van der Waals surface area contributed by atoms with E-state index >= 15 is 0 Å². The van der Waals surface area contributed by atoms with E-state index in [4.69, 9.17) is 14.2 Å². The molecule has 0 saturated heterocycles. The Hall–Kier alpha value is -3.47. The van der Waals surface area contributed by atoms with Crippen molar-refractivity contribution in [1.29, 1.82) is 0 Å². The predicted octanol–water partition coefficient (Wildman–Crippen LogP) is 4.42. The number of rotatable bonds is 7.